The number of amides is 1. The van der Waals surface area contributed by atoms with Crippen LogP contribution in [-0.4, -0.2) is 30.8 Å². The molecule has 1 rings (SSSR count). The quantitative estimate of drug-likeness (QED) is 0.340. The highest BCUT2D eigenvalue weighted by Crippen LogP contribution is 2.18. The summed E-state index contributed by atoms with van der Waals surface area (Å²) in [5.74, 6) is -1.41. The van der Waals surface area contributed by atoms with E-state index in [9.17, 15) is 14.4 Å². The predicted octanol–water partition coefficient (Wildman–Crippen LogP) is 1.12. The largest absolute Gasteiger partial charge is 0.467 e. The van der Waals surface area contributed by atoms with Gasteiger partial charge in [-0.15, -0.1) is 0 Å². The minimum absolute atomic E-state index is 0.198. The molecule has 0 saturated heterocycles. The highest BCUT2D eigenvalue weighted by molar-refractivity contribution is 14.1. The Morgan fingerprint density at radius 2 is 2.05 bits per heavy atom. The number of carbonyl (C=O) groups excluding carboxylic acids is 3. The van der Waals surface area contributed by atoms with E-state index in [0.29, 0.717) is 11.3 Å². The van der Waals surface area contributed by atoms with Crippen molar-refractivity contribution >= 4 is 45.9 Å². The third-order valence-corrected chi connectivity index (χ3v) is 3.24. The van der Waals surface area contributed by atoms with Gasteiger partial charge < -0.3 is 15.8 Å². The molecule has 6 nitrogen and oxygen atoms in total. The van der Waals surface area contributed by atoms with Crippen molar-refractivity contribution in [2.75, 3.05) is 12.8 Å². The molecule has 1 aromatic carbocycles. The fourth-order valence-electron chi connectivity index (χ4n) is 1.65. The number of benzene rings is 1. The molecule has 1 aromatic rings. The van der Waals surface area contributed by atoms with Crippen molar-refractivity contribution in [1.29, 1.82) is 0 Å². The molecule has 0 aromatic heterocycles. The van der Waals surface area contributed by atoms with Gasteiger partial charge in [0.2, 0.25) is 5.91 Å². The average molecular weight is 390 g/mol. The van der Waals surface area contributed by atoms with E-state index >= 15 is 0 Å². The summed E-state index contributed by atoms with van der Waals surface area (Å²) in [5.41, 5.74) is 6.41. The van der Waals surface area contributed by atoms with Gasteiger partial charge in [-0.3, -0.25) is 9.59 Å². The van der Waals surface area contributed by atoms with Crippen molar-refractivity contribution in [1.82, 2.24) is 5.32 Å². The van der Waals surface area contributed by atoms with E-state index in [1.807, 2.05) is 0 Å². The second kappa shape index (κ2) is 7.22. The molecule has 0 aliphatic carbocycles. The van der Waals surface area contributed by atoms with Gasteiger partial charge in [-0.05, 0) is 40.8 Å². The number of ketones is 1. The zero-order chi connectivity index (χ0) is 15.3. The van der Waals surface area contributed by atoms with Crippen LogP contribution in [0.5, 0.6) is 0 Å². The van der Waals surface area contributed by atoms with Crippen LogP contribution in [0, 0.1) is 3.57 Å². The molecule has 1 atom stereocenters. The Hall–Kier alpha value is -1.64. The van der Waals surface area contributed by atoms with Crippen LogP contribution in [-0.2, 0) is 14.3 Å². The third-order valence-electron chi connectivity index (χ3n) is 2.57. The summed E-state index contributed by atoms with van der Waals surface area (Å²) in [6, 6.07) is 4.03. The average Bonchev–Trinajstić information content (AvgIpc) is 2.39. The summed E-state index contributed by atoms with van der Waals surface area (Å²) in [6.07, 6.45) is -0.198. The Kier molecular flexibility index (Phi) is 5.93. The molecule has 0 fully saturated rings. The maximum absolute atomic E-state index is 12.2. The van der Waals surface area contributed by atoms with Gasteiger partial charge in [0.15, 0.2) is 5.78 Å². The Morgan fingerprint density at radius 1 is 1.40 bits per heavy atom. The molecule has 7 heteroatoms. The van der Waals surface area contributed by atoms with E-state index in [-0.39, 0.29) is 12.2 Å². The number of nitrogens with two attached hydrogens (primary N) is 1. The number of nitrogen functional groups attached to an aromatic ring is 1. The lowest BCUT2D eigenvalue weighted by atomic mass is 10.0. The number of hydrogen-bond donors (Lipinski definition) is 2. The molecule has 0 aliphatic rings. The number of Topliss-reactive ketones (excluding diaryl/α,β-unsaturated/α-hetero) is 1. The number of nitrogens with one attached hydrogen (secondary N) is 1. The summed E-state index contributed by atoms with van der Waals surface area (Å²) >= 11 is 2.06. The summed E-state index contributed by atoms with van der Waals surface area (Å²) in [7, 11) is 1.20. The van der Waals surface area contributed by atoms with Gasteiger partial charge in [-0.25, -0.2) is 4.79 Å². The molecule has 0 heterocycles. The predicted molar refractivity (Wildman–Crippen MR) is 82.1 cm³/mol. The van der Waals surface area contributed by atoms with E-state index in [1.165, 1.54) is 14.0 Å². The number of hydrogen-bond acceptors (Lipinski definition) is 5. The van der Waals surface area contributed by atoms with Crippen molar-refractivity contribution in [3.05, 3.63) is 27.3 Å². The normalized spacial score (nSPS) is 11.6. The zero-order valence-corrected chi connectivity index (χ0v) is 13.3. The number of anilines is 1. The Morgan fingerprint density at radius 3 is 2.60 bits per heavy atom. The maximum Gasteiger partial charge on any atom is 0.328 e. The van der Waals surface area contributed by atoms with Crippen molar-refractivity contribution in [3.63, 3.8) is 0 Å². The zero-order valence-electron chi connectivity index (χ0n) is 11.1. The fraction of sp³-hybridized carbons (Fsp3) is 0.308. The number of carbonyl (C=O) groups is 3. The Bertz CT molecular complexity index is 545. The molecule has 0 saturated carbocycles. The monoisotopic (exact) mass is 390 g/mol. The van der Waals surface area contributed by atoms with Crippen LogP contribution < -0.4 is 11.1 Å². The minimum Gasteiger partial charge on any atom is -0.467 e. The van der Waals surface area contributed by atoms with Gasteiger partial charge in [0.05, 0.1) is 7.11 Å². The second-order valence-corrected chi connectivity index (χ2v) is 5.38. The van der Waals surface area contributed by atoms with Gasteiger partial charge in [0.25, 0.3) is 0 Å². The Balaban J connectivity index is 2.92. The van der Waals surface area contributed by atoms with Gasteiger partial charge in [-0.1, -0.05) is 0 Å². The summed E-state index contributed by atoms with van der Waals surface area (Å²) in [4.78, 5) is 34.8. The van der Waals surface area contributed by atoms with E-state index in [1.54, 1.807) is 18.2 Å². The summed E-state index contributed by atoms with van der Waals surface area (Å²) < 4.78 is 5.42. The second-order valence-electron chi connectivity index (χ2n) is 4.14. The summed E-state index contributed by atoms with van der Waals surface area (Å²) in [5, 5.41) is 2.39. The van der Waals surface area contributed by atoms with E-state index in [0.717, 1.165) is 3.57 Å². The van der Waals surface area contributed by atoms with E-state index in [2.05, 4.69) is 32.6 Å². The Labute approximate surface area is 130 Å². The van der Waals surface area contributed by atoms with Crippen LogP contribution in [0.1, 0.15) is 23.7 Å². The van der Waals surface area contributed by atoms with Gasteiger partial charge in [0.1, 0.15) is 6.04 Å². The van der Waals surface area contributed by atoms with Gasteiger partial charge in [0, 0.05) is 28.2 Å². The molecule has 0 bridgehead atoms. The molecule has 0 radical (unpaired) electrons. The fourth-order valence-corrected chi connectivity index (χ4v) is 2.14. The number of methoxy groups -OCH3 is 1. The number of ether oxygens (including phenoxy) is 1. The van der Waals surface area contributed by atoms with Crippen LogP contribution in [0.25, 0.3) is 0 Å². The molecule has 1 amide bonds. The highest BCUT2D eigenvalue weighted by Gasteiger charge is 2.25. The van der Waals surface area contributed by atoms with Crippen molar-refractivity contribution in [2.24, 2.45) is 0 Å². The molecular weight excluding hydrogens is 375 g/mol. The SMILES string of the molecule is COC(=O)[C@H](CC(=O)c1cc(I)ccc1N)NC(C)=O. The lowest BCUT2D eigenvalue weighted by Gasteiger charge is -2.15. The van der Waals surface area contributed by atoms with E-state index in [4.69, 9.17) is 5.73 Å². The molecule has 3 N–H and O–H groups in total. The summed E-state index contributed by atoms with van der Waals surface area (Å²) in [6.45, 7) is 1.26. The number of halogens is 1. The van der Waals surface area contributed by atoms with Crippen LogP contribution in [0.15, 0.2) is 18.2 Å². The topological polar surface area (TPSA) is 98.5 Å². The van der Waals surface area contributed by atoms with Crippen LogP contribution in [0.2, 0.25) is 0 Å². The first-order chi connectivity index (χ1) is 9.35. The molecule has 0 aliphatic heterocycles. The first-order valence-electron chi connectivity index (χ1n) is 5.78. The molecule has 20 heavy (non-hydrogen) atoms. The van der Waals surface area contributed by atoms with Crippen LogP contribution >= 0.6 is 22.6 Å². The first-order valence-corrected chi connectivity index (χ1v) is 6.86. The molecular formula is C13H15IN2O4. The number of rotatable bonds is 5. The smallest absolute Gasteiger partial charge is 0.328 e. The number of esters is 1. The van der Waals surface area contributed by atoms with E-state index < -0.39 is 17.9 Å². The third kappa shape index (κ3) is 4.48. The van der Waals surface area contributed by atoms with Crippen molar-refractivity contribution in [2.45, 2.75) is 19.4 Å². The molecule has 108 valence electrons. The molecule has 0 unspecified atom stereocenters. The van der Waals surface area contributed by atoms with Crippen LogP contribution in [0.4, 0.5) is 5.69 Å². The molecule has 0 spiro atoms. The lowest BCUT2D eigenvalue weighted by molar-refractivity contribution is -0.144. The maximum atomic E-state index is 12.2. The standard InChI is InChI=1S/C13H15IN2O4/c1-7(17)16-11(13(19)20-2)6-12(18)9-5-8(14)3-4-10(9)15/h3-5,11H,6,15H2,1-2H3,(H,16,17)/t11-/m0/s1. The lowest BCUT2D eigenvalue weighted by Crippen LogP contribution is -2.42. The van der Waals surface area contributed by atoms with Crippen molar-refractivity contribution < 1.29 is 19.1 Å². The first kappa shape index (κ1) is 16.4. The van der Waals surface area contributed by atoms with Crippen LogP contribution in [0.3, 0.4) is 0 Å². The van der Waals surface area contributed by atoms with Crippen molar-refractivity contribution in [3.8, 4) is 0 Å². The van der Waals surface area contributed by atoms with Gasteiger partial charge in [-0.2, -0.15) is 0 Å². The minimum atomic E-state index is -1.01. The van der Waals surface area contributed by atoms with Gasteiger partial charge >= 0.3 is 5.97 Å². The highest BCUT2D eigenvalue weighted by atomic mass is 127.